The van der Waals surface area contributed by atoms with Gasteiger partial charge in [-0.1, -0.05) is 23.7 Å². The van der Waals surface area contributed by atoms with Crippen LogP contribution in [0.1, 0.15) is 58.9 Å². The number of rotatable bonds is 10. The van der Waals surface area contributed by atoms with Gasteiger partial charge in [-0.05, 0) is 69.9 Å². The number of amides is 1. The number of phenols is 1. The van der Waals surface area contributed by atoms with Crippen molar-refractivity contribution in [2.24, 2.45) is 5.16 Å². The minimum atomic E-state index is -1.57. The van der Waals surface area contributed by atoms with Crippen LogP contribution in [-0.2, 0) is 21.6 Å². The van der Waals surface area contributed by atoms with E-state index in [1.165, 1.54) is 32.3 Å². The van der Waals surface area contributed by atoms with Crippen molar-refractivity contribution in [3.63, 3.8) is 0 Å². The van der Waals surface area contributed by atoms with Crippen LogP contribution in [0.25, 0.3) is 0 Å². The van der Waals surface area contributed by atoms with Crippen LogP contribution in [0.5, 0.6) is 23.0 Å². The predicted molar refractivity (Wildman–Crippen MR) is 165 cm³/mol. The van der Waals surface area contributed by atoms with E-state index in [4.69, 9.17) is 19.0 Å². The molecule has 0 unspecified atom stereocenters. The van der Waals surface area contributed by atoms with Gasteiger partial charge in [0.25, 0.3) is 5.91 Å². The standard InChI is InChI=1S/C34H36N2O8/c1-9-11-13-42-25-14-18(3)22(19(4)20(25)5)17-35-33(40)29-26(41-8)15-24(38)30-31(29)44-27-16-23(37)28(32(39)34(27,30)7)21(6)36-43-12-10-2/h10,14-16,37-38H,2,12-13,17H2,1,3-8H3,(H,35,40)/t34-/m1/s1. The molecule has 44 heavy (non-hydrogen) atoms. The monoisotopic (exact) mass is 600 g/mol. The summed E-state index contributed by atoms with van der Waals surface area (Å²) >= 11 is 0. The van der Waals surface area contributed by atoms with Crippen LogP contribution in [0.4, 0.5) is 0 Å². The Bertz CT molecular complexity index is 1720. The normalized spacial score (nSPS) is 17.0. The van der Waals surface area contributed by atoms with Crippen LogP contribution >= 0.6 is 0 Å². The molecule has 10 nitrogen and oxygen atoms in total. The molecular weight excluding hydrogens is 564 g/mol. The zero-order valence-corrected chi connectivity index (χ0v) is 25.9. The summed E-state index contributed by atoms with van der Waals surface area (Å²) < 4.78 is 17.3. The lowest BCUT2D eigenvalue weighted by molar-refractivity contribution is -0.119. The molecule has 2 aromatic rings. The average Bonchev–Trinajstić information content (AvgIpc) is 3.28. The molecule has 4 rings (SSSR count). The first-order valence-corrected chi connectivity index (χ1v) is 13.9. The third kappa shape index (κ3) is 5.37. The summed E-state index contributed by atoms with van der Waals surface area (Å²) in [5, 5.41) is 28.7. The molecular formula is C34H36N2O8. The minimum Gasteiger partial charge on any atom is -0.507 e. The second-order valence-corrected chi connectivity index (χ2v) is 10.6. The Kier molecular flexibility index (Phi) is 9.09. The zero-order valence-electron chi connectivity index (χ0n) is 25.9. The van der Waals surface area contributed by atoms with Gasteiger partial charge in [0.1, 0.15) is 53.0 Å². The second-order valence-electron chi connectivity index (χ2n) is 10.6. The van der Waals surface area contributed by atoms with Gasteiger partial charge in [-0.3, -0.25) is 9.59 Å². The van der Waals surface area contributed by atoms with E-state index in [2.05, 4.69) is 28.9 Å². The number of carbonyl (C=O) groups excluding carboxylic acids is 2. The average molecular weight is 601 g/mol. The van der Waals surface area contributed by atoms with Crippen molar-refractivity contribution < 1.29 is 38.9 Å². The Labute approximate surface area is 256 Å². The molecule has 1 heterocycles. The lowest BCUT2D eigenvalue weighted by Gasteiger charge is -2.28. The summed E-state index contributed by atoms with van der Waals surface area (Å²) in [5.74, 6) is 4.64. The highest BCUT2D eigenvalue weighted by Gasteiger charge is 2.55. The fourth-order valence-electron chi connectivity index (χ4n) is 5.43. The summed E-state index contributed by atoms with van der Waals surface area (Å²) in [5.41, 5.74) is 2.24. The number of carbonyl (C=O) groups is 2. The minimum absolute atomic E-state index is 0.00417. The molecule has 0 radical (unpaired) electrons. The molecule has 0 bridgehead atoms. The number of ketones is 1. The molecule has 1 atom stereocenters. The number of aliphatic hydroxyl groups is 1. The number of aromatic hydroxyl groups is 1. The molecule has 230 valence electrons. The van der Waals surface area contributed by atoms with Gasteiger partial charge in [0.2, 0.25) is 0 Å². The third-order valence-electron chi connectivity index (χ3n) is 7.95. The Morgan fingerprint density at radius 3 is 2.59 bits per heavy atom. The molecule has 3 N–H and O–H groups in total. The highest BCUT2D eigenvalue weighted by molar-refractivity contribution is 6.27. The topological polar surface area (TPSA) is 136 Å². The molecule has 1 aliphatic carbocycles. The number of phenolic OH excluding ortho intramolecular Hbond substituents is 1. The number of fused-ring (bicyclic) bond motifs is 3. The predicted octanol–water partition coefficient (Wildman–Crippen LogP) is 5.17. The van der Waals surface area contributed by atoms with Crippen LogP contribution in [-0.4, -0.2) is 47.9 Å². The van der Waals surface area contributed by atoms with Crippen LogP contribution in [0, 0.1) is 32.6 Å². The largest absolute Gasteiger partial charge is 0.507 e. The molecule has 1 amide bonds. The van der Waals surface area contributed by atoms with Crippen LogP contribution in [0.15, 0.2) is 53.1 Å². The van der Waals surface area contributed by atoms with Gasteiger partial charge in [0, 0.05) is 18.7 Å². The molecule has 0 spiro atoms. The number of oxime groups is 1. The first kappa shape index (κ1) is 31.8. The van der Waals surface area contributed by atoms with E-state index in [1.54, 1.807) is 13.8 Å². The number of Topliss-reactive ketones (excluding diaryl/α,β-unsaturated/α-hetero) is 1. The molecule has 0 saturated carbocycles. The summed E-state index contributed by atoms with van der Waals surface area (Å²) in [6, 6.07) is 3.19. The Morgan fingerprint density at radius 2 is 1.93 bits per heavy atom. The molecule has 2 aliphatic rings. The first-order valence-electron chi connectivity index (χ1n) is 13.9. The van der Waals surface area contributed by atoms with Gasteiger partial charge in [0.05, 0.1) is 24.0 Å². The van der Waals surface area contributed by atoms with Gasteiger partial charge in [-0.15, -0.1) is 5.92 Å². The second kappa shape index (κ2) is 12.6. The lowest BCUT2D eigenvalue weighted by atomic mass is 9.71. The molecule has 0 fully saturated rings. The number of hydrogen-bond donors (Lipinski definition) is 3. The summed E-state index contributed by atoms with van der Waals surface area (Å²) in [6.07, 6.45) is 2.77. The van der Waals surface area contributed by atoms with Crippen molar-refractivity contribution >= 4 is 17.4 Å². The van der Waals surface area contributed by atoms with Crippen LogP contribution < -0.4 is 19.5 Å². The van der Waals surface area contributed by atoms with Crippen molar-refractivity contribution in [2.75, 3.05) is 20.3 Å². The van der Waals surface area contributed by atoms with E-state index in [-0.39, 0.29) is 70.9 Å². The number of hydrogen-bond acceptors (Lipinski definition) is 9. The van der Waals surface area contributed by atoms with Crippen molar-refractivity contribution in [2.45, 2.75) is 53.5 Å². The number of allylic oxidation sites excluding steroid dienone is 3. The molecule has 2 aromatic carbocycles. The number of benzene rings is 2. The van der Waals surface area contributed by atoms with E-state index in [0.29, 0.717) is 0 Å². The Morgan fingerprint density at radius 1 is 1.20 bits per heavy atom. The van der Waals surface area contributed by atoms with E-state index in [1.807, 2.05) is 26.8 Å². The van der Waals surface area contributed by atoms with E-state index in [0.717, 1.165) is 28.0 Å². The van der Waals surface area contributed by atoms with E-state index in [9.17, 15) is 19.8 Å². The quantitative estimate of drug-likeness (QED) is 0.112. The third-order valence-corrected chi connectivity index (χ3v) is 7.95. The van der Waals surface area contributed by atoms with Crippen molar-refractivity contribution in [3.8, 4) is 34.8 Å². The molecule has 0 aromatic heterocycles. The van der Waals surface area contributed by atoms with E-state index >= 15 is 0 Å². The summed E-state index contributed by atoms with van der Waals surface area (Å²) in [4.78, 5) is 32.8. The Hall–Kier alpha value is -5.17. The maximum absolute atomic E-state index is 13.9. The molecule has 10 heteroatoms. The number of ether oxygens (including phenoxy) is 3. The highest BCUT2D eigenvalue weighted by atomic mass is 16.6. The fourth-order valence-corrected chi connectivity index (χ4v) is 5.43. The van der Waals surface area contributed by atoms with Crippen molar-refractivity contribution in [1.29, 1.82) is 0 Å². The van der Waals surface area contributed by atoms with Gasteiger partial charge in [-0.2, -0.15) is 0 Å². The first-order chi connectivity index (χ1) is 20.9. The van der Waals surface area contributed by atoms with Gasteiger partial charge in [0.15, 0.2) is 11.5 Å². The Balaban J connectivity index is 1.71. The number of methoxy groups -OCH3 is 1. The maximum atomic E-state index is 13.9. The smallest absolute Gasteiger partial charge is 0.259 e. The van der Waals surface area contributed by atoms with Gasteiger partial charge < -0.3 is 34.6 Å². The zero-order chi connectivity index (χ0) is 32.3. The SMILES string of the molecule is C=CCON=C(C)C1=C(O)C=C2Oc3c(C(=O)NCc4c(C)cc(OCC#CC)c(C)c4C)c(OC)cc(O)c3[C@]2(C)C1=O. The van der Waals surface area contributed by atoms with Gasteiger partial charge >= 0.3 is 0 Å². The highest BCUT2D eigenvalue weighted by Crippen LogP contribution is 2.56. The number of nitrogens with one attached hydrogen (secondary N) is 1. The summed E-state index contributed by atoms with van der Waals surface area (Å²) in [6.45, 7) is 14.8. The number of aryl methyl sites for hydroxylation is 1. The maximum Gasteiger partial charge on any atom is 0.259 e. The van der Waals surface area contributed by atoms with Crippen LogP contribution in [0.2, 0.25) is 0 Å². The van der Waals surface area contributed by atoms with E-state index < -0.39 is 17.1 Å². The lowest BCUT2D eigenvalue weighted by Crippen LogP contribution is -2.38. The number of aliphatic hydroxyl groups excluding tert-OH is 1. The number of nitrogens with zero attached hydrogens (tertiary/aromatic N) is 1. The summed E-state index contributed by atoms with van der Waals surface area (Å²) in [7, 11) is 1.36. The van der Waals surface area contributed by atoms with Gasteiger partial charge in [-0.25, -0.2) is 0 Å². The van der Waals surface area contributed by atoms with Crippen molar-refractivity contribution in [3.05, 3.63) is 81.3 Å². The van der Waals surface area contributed by atoms with Crippen LogP contribution in [0.3, 0.4) is 0 Å². The fraction of sp³-hybridized carbons (Fsp3) is 0.324. The molecule has 0 saturated heterocycles. The van der Waals surface area contributed by atoms with Crippen molar-refractivity contribution in [1.82, 2.24) is 5.32 Å². The molecule has 1 aliphatic heterocycles.